The summed E-state index contributed by atoms with van der Waals surface area (Å²) in [5.41, 5.74) is 1.07. The highest BCUT2D eigenvalue weighted by Gasteiger charge is 2.15. The number of aromatic nitrogens is 1. The van der Waals surface area contributed by atoms with E-state index in [-0.39, 0.29) is 5.56 Å². The summed E-state index contributed by atoms with van der Waals surface area (Å²) in [5, 5.41) is -0.747. The van der Waals surface area contributed by atoms with Gasteiger partial charge < -0.3 is 9.30 Å². The van der Waals surface area contributed by atoms with E-state index in [2.05, 4.69) is 0 Å². The molecule has 2 rings (SSSR count). The summed E-state index contributed by atoms with van der Waals surface area (Å²) in [6, 6.07) is 10.6. The predicted molar refractivity (Wildman–Crippen MR) is 78.5 cm³/mol. The standard InChI is InChI=1S/C15H14ClNO3/c1-3-17-12(9-8-11(14(16)18)15(17)19)10-6-4-5-7-13(10)20-2/h4-9H,3H2,1-2H3. The van der Waals surface area contributed by atoms with Gasteiger partial charge in [0.2, 0.25) is 0 Å². The SMILES string of the molecule is CCn1c(-c2ccccc2OC)ccc(C(=O)Cl)c1=O. The van der Waals surface area contributed by atoms with Crippen molar-refractivity contribution in [2.45, 2.75) is 13.5 Å². The Bertz CT molecular complexity index is 707. The van der Waals surface area contributed by atoms with Crippen LogP contribution in [0.3, 0.4) is 0 Å². The van der Waals surface area contributed by atoms with E-state index in [1.165, 1.54) is 10.6 Å². The van der Waals surface area contributed by atoms with Gasteiger partial charge in [-0.15, -0.1) is 0 Å². The van der Waals surface area contributed by atoms with Gasteiger partial charge in [0.15, 0.2) is 0 Å². The number of methoxy groups -OCH3 is 1. The average molecular weight is 292 g/mol. The largest absolute Gasteiger partial charge is 0.496 e. The third-order valence-corrected chi connectivity index (χ3v) is 3.29. The summed E-state index contributed by atoms with van der Waals surface area (Å²) < 4.78 is 6.82. The number of carbonyl (C=O) groups is 1. The fourth-order valence-corrected chi connectivity index (χ4v) is 2.28. The van der Waals surface area contributed by atoms with Crippen LogP contribution in [0, 0.1) is 0 Å². The number of hydrogen-bond acceptors (Lipinski definition) is 3. The van der Waals surface area contributed by atoms with Crippen molar-refractivity contribution in [2.75, 3.05) is 7.11 Å². The molecule has 4 nitrogen and oxygen atoms in total. The van der Waals surface area contributed by atoms with Crippen LogP contribution in [0.2, 0.25) is 0 Å². The molecule has 0 N–H and O–H groups in total. The molecule has 0 aliphatic heterocycles. The van der Waals surface area contributed by atoms with Crippen molar-refractivity contribution < 1.29 is 9.53 Å². The molecule has 0 aliphatic rings. The van der Waals surface area contributed by atoms with Crippen molar-refractivity contribution >= 4 is 16.8 Å². The molecular weight excluding hydrogens is 278 g/mol. The van der Waals surface area contributed by atoms with Crippen LogP contribution in [0.5, 0.6) is 5.75 Å². The molecular formula is C15H14ClNO3. The second kappa shape index (κ2) is 5.92. The maximum atomic E-state index is 12.3. The molecule has 104 valence electrons. The Hall–Kier alpha value is -2.07. The van der Waals surface area contributed by atoms with Gasteiger partial charge in [0.1, 0.15) is 5.75 Å². The van der Waals surface area contributed by atoms with Gasteiger partial charge in [0.25, 0.3) is 10.8 Å². The molecule has 0 bridgehead atoms. The first kappa shape index (κ1) is 14.3. The average Bonchev–Trinajstić information content (AvgIpc) is 2.46. The Balaban J connectivity index is 2.73. The molecule has 1 aromatic heterocycles. The Morgan fingerprint density at radius 3 is 2.55 bits per heavy atom. The molecule has 20 heavy (non-hydrogen) atoms. The Morgan fingerprint density at radius 2 is 1.95 bits per heavy atom. The first-order chi connectivity index (χ1) is 9.60. The summed E-state index contributed by atoms with van der Waals surface area (Å²) in [7, 11) is 1.57. The van der Waals surface area contributed by atoms with Crippen LogP contribution in [0.15, 0.2) is 41.2 Å². The van der Waals surface area contributed by atoms with Crippen molar-refractivity contribution in [3.05, 3.63) is 52.3 Å². The van der Waals surface area contributed by atoms with Crippen molar-refractivity contribution in [2.24, 2.45) is 0 Å². The van der Waals surface area contributed by atoms with Gasteiger partial charge in [-0.2, -0.15) is 0 Å². The summed E-state index contributed by atoms with van der Waals surface area (Å²) in [4.78, 5) is 23.5. The second-order valence-electron chi connectivity index (χ2n) is 4.16. The van der Waals surface area contributed by atoms with E-state index >= 15 is 0 Å². The maximum absolute atomic E-state index is 12.3. The van der Waals surface area contributed by atoms with Gasteiger partial charge in [-0.3, -0.25) is 9.59 Å². The van der Waals surface area contributed by atoms with E-state index < -0.39 is 10.8 Å². The van der Waals surface area contributed by atoms with Gasteiger partial charge in [0, 0.05) is 12.1 Å². The minimum atomic E-state index is -0.747. The highest BCUT2D eigenvalue weighted by molar-refractivity contribution is 6.67. The number of ether oxygens (including phenoxy) is 1. The molecule has 2 aromatic rings. The molecule has 0 amide bonds. The lowest BCUT2D eigenvalue weighted by Gasteiger charge is -2.14. The molecule has 0 spiro atoms. The number of pyridine rings is 1. The van der Waals surface area contributed by atoms with Crippen LogP contribution in [0.25, 0.3) is 11.3 Å². The van der Waals surface area contributed by atoms with Gasteiger partial charge in [-0.25, -0.2) is 0 Å². The zero-order valence-electron chi connectivity index (χ0n) is 11.2. The Kier molecular flexibility index (Phi) is 4.25. The molecule has 0 unspecified atom stereocenters. The summed E-state index contributed by atoms with van der Waals surface area (Å²) in [6.07, 6.45) is 0. The van der Waals surface area contributed by atoms with Crippen LogP contribution < -0.4 is 10.3 Å². The molecule has 0 fully saturated rings. The zero-order valence-corrected chi connectivity index (χ0v) is 12.0. The number of benzene rings is 1. The fourth-order valence-electron chi connectivity index (χ4n) is 2.13. The number of nitrogens with zero attached hydrogens (tertiary/aromatic N) is 1. The fraction of sp³-hybridized carbons (Fsp3) is 0.200. The van der Waals surface area contributed by atoms with Gasteiger partial charge in [-0.1, -0.05) is 12.1 Å². The van der Waals surface area contributed by atoms with Gasteiger partial charge in [-0.05, 0) is 42.8 Å². The molecule has 0 saturated heterocycles. The van der Waals surface area contributed by atoms with Crippen LogP contribution >= 0.6 is 11.6 Å². The zero-order chi connectivity index (χ0) is 14.7. The van der Waals surface area contributed by atoms with Gasteiger partial charge >= 0.3 is 0 Å². The molecule has 0 atom stereocenters. The highest BCUT2D eigenvalue weighted by Crippen LogP contribution is 2.28. The Morgan fingerprint density at radius 1 is 1.25 bits per heavy atom. The normalized spacial score (nSPS) is 10.3. The molecule has 1 aromatic carbocycles. The van der Waals surface area contributed by atoms with Crippen LogP contribution in [0.4, 0.5) is 0 Å². The maximum Gasteiger partial charge on any atom is 0.263 e. The first-order valence-electron chi connectivity index (χ1n) is 6.17. The van der Waals surface area contributed by atoms with E-state index in [0.717, 1.165) is 5.56 Å². The van der Waals surface area contributed by atoms with Crippen molar-refractivity contribution in [1.29, 1.82) is 0 Å². The van der Waals surface area contributed by atoms with E-state index in [9.17, 15) is 9.59 Å². The summed E-state index contributed by atoms with van der Waals surface area (Å²) >= 11 is 5.42. The van der Waals surface area contributed by atoms with Crippen LogP contribution in [0.1, 0.15) is 17.3 Å². The van der Waals surface area contributed by atoms with E-state index in [0.29, 0.717) is 18.0 Å². The number of rotatable bonds is 4. The highest BCUT2D eigenvalue weighted by atomic mass is 35.5. The Labute approximate surface area is 121 Å². The minimum Gasteiger partial charge on any atom is -0.496 e. The quantitative estimate of drug-likeness (QED) is 0.814. The lowest BCUT2D eigenvalue weighted by Crippen LogP contribution is -2.25. The topological polar surface area (TPSA) is 48.3 Å². The number of carbonyl (C=O) groups excluding carboxylic acids is 1. The monoisotopic (exact) mass is 291 g/mol. The summed E-state index contributed by atoms with van der Waals surface area (Å²) in [6.45, 7) is 2.27. The van der Waals surface area contributed by atoms with Crippen molar-refractivity contribution in [3.8, 4) is 17.0 Å². The number of para-hydroxylation sites is 1. The van der Waals surface area contributed by atoms with E-state index in [1.807, 2.05) is 31.2 Å². The number of hydrogen-bond donors (Lipinski definition) is 0. The smallest absolute Gasteiger partial charge is 0.263 e. The molecule has 0 aliphatic carbocycles. The summed E-state index contributed by atoms with van der Waals surface area (Å²) in [5.74, 6) is 0.666. The van der Waals surface area contributed by atoms with Crippen LogP contribution in [-0.2, 0) is 6.54 Å². The third-order valence-electron chi connectivity index (χ3n) is 3.09. The third kappa shape index (κ3) is 2.47. The number of halogens is 1. The van der Waals surface area contributed by atoms with Crippen molar-refractivity contribution in [1.82, 2.24) is 4.57 Å². The van der Waals surface area contributed by atoms with E-state index in [4.69, 9.17) is 16.3 Å². The minimum absolute atomic E-state index is 0.0211. The molecule has 1 heterocycles. The molecule has 0 radical (unpaired) electrons. The van der Waals surface area contributed by atoms with Crippen molar-refractivity contribution in [3.63, 3.8) is 0 Å². The second-order valence-corrected chi connectivity index (χ2v) is 4.50. The van der Waals surface area contributed by atoms with Gasteiger partial charge in [0.05, 0.1) is 18.4 Å². The lowest BCUT2D eigenvalue weighted by atomic mass is 10.1. The lowest BCUT2D eigenvalue weighted by molar-refractivity contribution is 0.107. The molecule has 0 saturated carbocycles. The molecule has 5 heteroatoms. The van der Waals surface area contributed by atoms with E-state index in [1.54, 1.807) is 13.2 Å². The van der Waals surface area contributed by atoms with Crippen LogP contribution in [-0.4, -0.2) is 16.9 Å². The first-order valence-corrected chi connectivity index (χ1v) is 6.55. The predicted octanol–water partition coefficient (Wildman–Crippen LogP) is 2.92.